The van der Waals surface area contributed by atoms with Gasteiger partial charge in [0.15, 0.2) is 0 Å². The average molecular weight is 335 g/mol. The summed E-state index contributed by atoms with van der Waals surface area (Å²) in [6.45, 7) is 5.03. The molecule has 128 valence electrons. The summed E-state index contributed by atoms with van der Waals surface area (Å²) >= 11 is 0. The van der Waals surface area contributed by atoms with Crippen molar-refractivity contribution < 1.29 is 19.2 Å². The molecule has 0 radical (unpaired) electrons. The molecule has 0 spiro atoms. The fourth-order valence-electron chi connectivity index (χ4n) is 2.70. The van der Waals surface area contributed by atoms with Crippen molar-refractivity contribution >= 4 is 17.2 Å². The second-order valence-corrected chi connectivity index (χ2v) is 5.56. The Morgan fingerprint density at radius 2 is 2.00 bits per heavy atom. The van der Waals surface area contributed by atoms with Gasteiger partial charge in [-0.2, -0.15) is 0 Å². The van der Waals surface area contributed by atoms with E-state index in [-0.39, 0.29) is 22.3 Å². The molecule has 1 saturated heterocycles. The standard InChI is InChI=1S/C14H18N6O4/c15-13-14(17-24-16-13)23-10-9-18-5-7-19(8-6-18)11-1-3-12(4-2-11)20(21)22/h1-4H,5-10H2,(H2,15,16)/p+1. The number of benzene rings is 1. The fourth-order valence-corrected chi connectivity index (χ4v) is 2.70. The molecule has 1 aliphatic rings. The maximum Gasteiger partial charge on any atom is 0.300 e. The van der Waals surface area contributed by atoms with Gasteiger partial charge in [-0.3, -0.25) is 10.1 Å². The highest BCUT2D eigenvalue weighted by Gasteiger charge is 2.21. The van der Waals surface area contributed by atoms with Crippen molar-refractivity contribution in [1.29, 1.82) is 0 Å². The molecule has 1 aromatic heterocycles. The van der Waals surface area contributed by atoms with Gasteiger partial charge in [0.05, 0.1) is 31.1 Å². The third-order valence-electron chi connectivity index (χ3n) is 4.07. The minimum absolute atomic E-state index is 0.113. The maximum absolute atomic E-state index is 10.7. The number of nitro benzene ring substituents is 1. The Labute approximate surface area is 137 Å². The Balaban J connectivity index is 1.43. The molecule has 2 aromatic rings. The monoisotopic (exact) mass is 335 g/mol. The molecule has 10 nitrogen and oxygen atoms in total. The molecule has 1 aromatic carbocycles. The van der Waals surface area contributed by atoms with Crippen molar-refractivity contribution in [2.75, 3.05) is 50.0 Å². The molecule has 3 rings (SSSR count). The van der Waals surface area contributed by atoms with Gasteiger partial charge in [0, 0.05) is 17.8 Å². The van der Waals surface area contributed by atoms with Crippen molar-refractivity contribution in [3.05, 3.63) is 34.4 Å². The number of ether oxygens (including phenoxy) is 1. The van der Waals surface area contributed by atoms with Crippen molar-refractivity contribution in [2.24, 2.45) is 0 Å². The molecule has 0 unspecified atom stereocenters. The van der Waals surface area contributed by atoms with Crippen LogP contribution in [0.4, 0.5) is 17.2 Å². The van der Waals surface area contributed by atoms with E-state index in [0.29, 0.717) is 6.61 Å². The zero-order valence-electron chi connectivity index (χ0n) is 13.1. The smallest absolute Gasteiger partial charge is 0.300 e. The summed E-state index contributed by atoms with van der Waals surface area (Å²) in [5.74, 6) is 0.395. The Morgan fingerprint density at radius 3 is 2.58 bits per heavy atom. The Bertz CT molecular complexity index is 681. The minimum Gasteiger partial charge on any atom is -0.467 e. The zero-order chi connectivity index (χ0) is 16.9. The van der Waals surface area contributed by atoms with Crippen molar-refractivity contribution in [2.45, 2.75) is 0 Å². The number of rotatable bonds is 6. The third kappa shape index (κ3) is 3.71. The second-order valence-electron chi connectivity index (χ2n) is 5.56. The van der Waals surface area contributed by atoms with E-state index in [0.717, 1.165) is 38.4 Å². The molecule has 1 aliphatic heterocycles. The Morgan fingerprint density at radius 1 is 1.29 bits per heavy atom. The molecule has 1 fully saturated rings. The van der Waals surface area contributed by atoms with Gasteiger partial charge >= 0.3 is 0 Å². The van der Waals surface area contributed by atoms with Crippen LogP contribution in [0.1, 0.15) is 0 Å². The Kier molecular flexibility index (Phi) is 4.75. The molecule has 0 saturated carbocycles. The highest BCUT2D eigenvalue weighted by Crippen LogP contribution is 2.19. The lowest BCUT2D eigenvalue weighted by molar-refractivity contribution is -0.900. The largest absolute Gasteiger partial charge is 0.467 e. The van der Waals surface area contributed by atoms with E-state index in [1.54, 1.807) is 24.3 Å². The molecule has 0 atom stereocenters. The van der Waals surface area contributed by atoms with E-state index in [1.165, 1.54) is 4.90 Å². The molecule has 0 aliphatic carbocycles. The van der Waals surface area contributed by atoms with Crippen molar-refractivity contribution in [1.82, 2.24) is 10.3 Å². The van der Waals surface area contributed by atoms with Gasteiger partial charge in [0.25, 0.3) is 11.6 Å². The first-order chi connectivity index (χ1) is 11.6. The lowest BCUT2D eigenvalue weighted by atomic mass is 10.2. The van der Waals surface area contributed by atoms with E-state index >= 15 is 0 Å². The predicted molar refractivity (Wildman–Crippen MR) is 85.1 cm³/mol. The van der Waals surface area contributed by atoms with Gasteiger partial charge in [0.2, 0.25) is 5.82 Å². The van der Waals surface area contributed by atoms with E-state index < -0.39 is 0 Å². The summed E-state index contributed by atoms with van der Waals surface area (Å²) in [6, 6.07) is 6.68. The van der Waals surface area contributed by atoms with Crippen molar-refractivity contribution in [3.63, 3.8) is 0 Å². The molecule has 2 heterocycles. The van der Waals surface area contributed by atoms with Gasteiger partial charge in [-0.1, -0.05) is 0 Å². The van der Waals surface area contributed by atoms with Crippen LogP contribution >= 0.6 is 0 Å². The van der Waals surface area contributed by atoms with Crippen LogP contribution in [0.15, 0.2) is 28.9 Å². The van der Waals surface area contributed by atoms with Crippen LogP contribution < -0.4 is 20.3 Å². The highest BCUT2D eigenvalue weighted by atomic mass is 16.6. The number of piperazine rings is 1. The highest BCUT2D eigenvalue weighted by molar-refractivity contribution is 5.51. The topological polar surface area (TPSA) is 125 Å². The number of aromatic nitrogens is 2. The number of nitrogens with two attached hydrogens (primary N) is 1. The SMILES string of the molecule is Nc1nonc1OCC[NH+]1CCN(c2ccc([N+](=O)[O-])cc2)CC1. The van der Waals surface area contributed by atoms with Crippen LogP contribution in [0.5, 0.6) is 5.88 Å². The Hall–Kier alpha value is -2.88. The number of nitrogen functional groups attached to an aromatic ring is 1. The molecule has 0 bridgehead atoms. The lowest BCUT2D eigenvalue weighted by Gasteiger charge is -2.33. The summed E-state index contributed by atoms with van der Waals surface area (Å²) < 4.78 is 9.90. The zero-order valence-corrected chi connectivity index (χ0v) is 13.1. The van der Waals surface area contributed by atoms with E-state index in [4.69, 9.17) is 10.5 Å². The van der Waals surface area contributed by atoms with Crippen LogP contribution in [0, 0.1) is 10.1 Å². The number of non-ortho nitro benzene ring substituents is 1. The van der Waals surface area contributed by atoms with Crippen LogP contribution in [0.25, 0.3) is 0 Å². The molecule has 3 N–H and O–H groups in total. The summed E-state index contributed by atoms with van der Waals surface area (Å²) in [4.78, 5) is 14.0. The number of quaternary nitrogens is 1. The third-order valence-corrected chi connectivity index (χ3v) is 4.07. The second kappa shape index (κ2) is 7.13. The number of hydrogen-bond acceptors (Lipinski definition) is 8. The number of nitrogens with zero attached hydrogens (tertiary/aromatic N) is 4. The van der Waals surface area contributed by atoms with Crippen molar-refractivity contribution in [3.8, 4) is 5.88 Å². The van der Waals surface area contributed by atoms with Gasteiger partial charge in [-0.25, -0.2) is 4.63 Å². The summed E-state index contributed by atoms with van der Waals surface area (Å²) in [5, 5.41) is 17.7. The van der Waals surface area contributed by atoms with E-state index in [1.807, 2.05) is 0 Å². The fraction of sp³-hybridized carbons (Fsp3) is 0.429. The normalized spacial score (nSPS) is 15.4. The molecule has 10 heteroatoms. The lowest BCUT2D eigenvalue weighted by Crippen LogP contribution is -3.15. The van der Waals surface area contributed by atoms with Crippen LogP contribution in [-0.4, -0.2) is 54.6 Å². The first kappa shape index (κ1) is 16.0. The molecular weight excluding hydrogens is 316 g/mol. The summed E-state index contributed by atoms with van der Waals surface area (Å²) in [6.07, 6.45) is 0. The molecule has 0 amide bonds. The molecular formula is C14H19N6O4+. The summed E-state index contributed by atoms with van der Waals surface area (Å²) in [5.41, 5.74) is 6.65. The summed E-state index contributed by atoms with van der Waals surface area (Å²) in [7, 11) is 0. The van der Waals surface area contributed by atoms with Gasteiger partial charge < -0.3 is 20.3 Å². The number of hydrogen-bond donors (Lipinski definition) is 2. The quantitative estimate of drug-likeness (QED) is 0.527. The van der Waals surface area contributed by atoms with E-state index in [9.17, 15) is 10.1 Å². The number of nitrogens with one attached hydrogen (secondary N) is 1. The first-order valence-electron chi connectivity index (χ1n) is 7.67. The first-order valence-corrected chi connectivity index (χ1v) is 7.67. The number of anilines is 2. The molecule has 24 heavy (non-hydrogen) atoms. The van der Waals surface area contributed by atoms with Gasteiger partial charge in [-0.05, 0) is 22.4 Å². The van der Waals surface area contributed by atoms with E-state index in [2.05, 4.69) is 19.8 Å². The van der Waals surface area contributed by atoms with Crippen LogP contribution in [0.2, 0.25) is 0 Å². The minimum atomic E-state index is -0.386. The number of nitro groups is 1. The average Bonchev–Trinajstić information content (AvgIpc) is 3.01. The maximum atomic E-state index is 10.7. The van der Waals surface area contributed by atoms with Gasteiger partial charge in [0.1, 0.15) is 13.2 Å². The predicted octanol–water partition coefficient (Wildman–Crippen LogP) is -0.656. The van der Waals surface area contributed by atoms with Crippen LogP contribution in [-0.2, 0) is 0 Å². The van der Waals surface area contributed by atoms with Gasteiger partial charge in [-0.15, -0.1) is 0 Å². The van der Waals surface area contributed by atoms with Crippen LogP contribution in [0.3, 0.4) is 0 Å².